The fourth-order valence-corrected chi connectivity index (χ4v) is 5.97. The van der Waals surface area contributed by atoms with Crippen molar-refractivity contribution in [1.82, 2.24) is 0 Å². The number of esters is 1. The Hall–Kier alpha value is -3.48. The summed E-state index contributed by atoms with van der Waals surface area (Å²) < 4.78 is 7.01. The number of amides is 1. The molecule has 0 radical (unpaired) electrons. The van der Waals surface area contributed by atoms with Gasteiger partial charge in [0.15, 0.2) is 6.10 Å². The highest BCUT2D eigenvalue weighted by atomic mass is 16.6. The first-order valence-corrected chi connectivity index (χ1v) is 13.2. The quantitative estimate of drug-likeness (QED) is 0.336. The largest absolute Gasteiger partial charge is 0.453 e. The monoisotopic (exact) mass is 499 g/mol. The van der Waals surface area contributed by atoms with E-state index in [9.17, 15) is 14.7 Å². The molecule has 1 atom stereocenters. The van der Waals surface area contributed by atoms with Crippen molar-refractivity contribution in [3.63, 3.8) is 0 Å². The maximum atomic E-state index is 13.7. The van der Waals surface area contributed by atoms with E-state index in [0.717, 1.165) is 55.6 Å². The predicted octanol–water partition coefficient (Wildman–Crippen LogP) is 4.49. The molecule has 3 aliphatic rings. The first-order valence-electron chi connectivity index (χ1n) is 13.2. The Kier molecular flexibility index (Phi) is 7.40. The van der Waals surface area contributed by atoms with Crippen LogP contribution in [0, 0.1) is 5.92 Å². The van der Waals surface area contributed by atoms with Crippen LogP contribution in [-0.4, -0.2) is 53.7 Å². The summed E-state index contributed by atoms with van der Waals surface area (Å²) in [4.78, 5) is 26.1. The fourth-order valence-electron chi connectivity index (χ4n) is 5.97. The van der Waals surface area contributed by atoms with Gasteiger partial charge in [0.1, 0.15) is 6.54 Å². The molecular weight excluding hydrogens is 464 g/mol. The van der Waals surface area contributed by atoms with Crippen molar-refractivity contribution in [2.75, 3.05) is 31.5 Å². The van der Waals surface area contributed by atoms with Gasteiger partial charge in [0, 0.05) is 37.3 Å². The lowest BCUT2D eigenvalue weighted by Gasteiger charge is -2.52. The molecule has 192 valence electrons. The topological polar surface area (TPSA) is 75.6 Å². The van der Waals surface area contributed by atoms with Crippen LogP contribution in [0.5, 0.6) is 0 Å². The van der Waals surface area contributed by atoms with E-state index in [1.54, 1.807) is 24.3 Å². The number of piperidine rings is 3. The van der Waals surface area contributed by atoms with Crippen LogP contribution in [0.25, 0.3) is 0 Å². The van der Waals surface area contributed by atoms with Crippen LogP contribution < -0.4 is 5.32 Å². The molecule has 6 nitrogen and oxygen atoms in total. The third-order valence-corrected chi connectivity index (χ3v) is 8.07. The zero-order valence-corrected chi connectivity index (χ0v) is 21.1. The number of benzene rings is 3. The molecule has 3 aromatic carbocycles. The SMILES string of the molecule is O=C(CCC[N+]12CCC(CC1)[C@@H](OC(=O)C(O)(c1ccccc1)c1ccccc1)C2)Nc1ccccc1. The molecule has 2 bridgehead atoms. The minimum Gasteiger partial charge on any atom is -0.453 e. The lowest BCUT2D eigenvalue weighted by atomic mass is 9.82. The minimum absolute atomic E-state index is 0.0232. The predicted molar refractivity (Wildman–Crippen MR) is 143 cm³/mol. The van der Waals surface area contributed by atoms with E-state index in [1.165, 1.54) is 0 Å². The highest BCUT2D eigenvalue weighted by molar-refractivity contribution is 5.90. The van der Waals surface area contributed by atoms with Gasteiger partial charge in [-0.05, 0) is 23.3 Å². The number of rotatable bonds is 9. The van der Waals surface area contributed by atoms with E-state index < -0.39 is 11.6 Å². The van der Waals surface area contributed by atoms with Gasteiger partial charge in [0.2, 0.25) is 11.5 Å². The van der Waals surface area contributed by atoms with E-state index in [1.807, 2.05) is 66.7 Å². The summed E-state index contributed by atoms with van der Waals surface area (Å²) in [6.45, 7) is 3.70. The number of anilines is 1. The summed E-state index contributed by atoms with van der Waals surface area (Å²) in [5, 5.41) is 14.7. The lowest BCUT2D eigenvalue weighted by Crippen LogP contribution is -2.65. The van der Waals surface area contributed by atoms with E-state index in [2.05, 4.69) is 5.32 Å². The maximum absolute atomic E-state index is 13.7. The van der Waals surface area contributed by atoms with Crippen LogP contribution in [-0.2, 0) is 19.9 Å². The highest BCUT2D eigenvalue weighted by Gasteiger charge is 2.50. The highest BCUT2D eigenvalue weighted by Crippen LogP contribution is 2.38. The average molecular weight is 500 g/mol. The summed E-state index contributed by atoms with van der Waals surface area (Å²) >= 11 is 0. The summed E-state index contributed by atoms with van der Waals surface area (Å²) in [7, 11) is 0. The maximum Gasteiger partial charge on any atom is 0.348 e. The number of carbonyl (C=O) groups is 2. The Morgan fingerprint density at radius 2 is 1.41 bits per heavy atom. The second-order valence-corrected chi connectivity index (χ2v) is 10.4. The van der Waals surface area contributed by atoms with E-state index in [-0.39, 0.29) is 12.0 Å². The second-order valence-electron chi connectivity index (χ2n) is 10.4. The molecule has 2 N–H and O–H groups in total. The van der Waals surface area contributed by atoms with Crippen molar-refractivity contribution in [3.05, 3.63) is 102 Å². The van der Waals surface area contributed by atoms with Gasteiger partial charge < -0.3 is 19.6 Å². The lowest BCUT2D eigenvalue weighted by molar-refractivity contribution is -0.946. The normalized spacial score (nSPS) is 22.8. The molecule has 6 rings (SSSR count). The number of hydrogen-bond acceptors (Lipinski definition) is 4. The summed E-state index contributed by atoms with van der Waals surface area (Å²) in [6, 6.07) is 27.6. The van der Waals surface area contributed by atoms with Crippen molar-refractivity contribution >= 4 is 17.6 Å². The molecule has 0 aliphatic carbocycles. The Labute approximate surface area is 218 Å². The molecule has 6 heteroatoms. The Bertz CT molecular complexity index is 1150. The molecule has 3 heterocycles. The number of hydrogen-bond donors (Lipinski definition) is 2. The molecule has 0 unspecified atom stereocenters. The summed E-state index contributed by atoms with van der Waals surface area (Å²) in [5.41, 5.74) is -0.0502. The van der Waals surface area contributed by atoms with Gasteiger partial charge in [0.25, 0.3) is 0 Å². The Balaban J connectivity index is 1.24. The number of nitrogens with one attached hydrogen (secondary N) is 1. The van der Waals surface area contributed by atoms with Crippen LogP contribution in [0.3, 0.4) is 0 Å². The molecule has 1 amide bonds. The van der Waals surface area contributed by atoms with E-state index in [0.29, 0.717) is 23.5 Å². The fraction of sp³-hybridized carbons (Fsp3) is 0.355. The van der Waals surface area contributed by atoms with Crippen LogP contribution in [0.4, 0.5) is 5.69 Å². The standard InChI is InChI=1S/C31H34N2O4/c34-29(32-27-15-8-3-9-16-27)17-10-20-33-21-18-24(19-22-33)28(23-33)37-30(35)31(36,25-11-4-1-5-12-25)26-13-6-2-7-14-26/h1-9,11-16,24,28,36H,10,17-23H2/p+1/t24?,28-,33?/m0/s1. The van der Waals surface area contributed by atoms with Gasteiger partial charge in [-0.15, -0.1) is 0 Å². The zero-order valence-electron chi connectivity index (χ0n) is 21.1. The third-order valence-electron chi connectivity index (χ3n) is 8.07. The van der Waals surface area contributed by atoms with Crippen LogP contribution in [0.15, 0.2) is 91.0 Å². The molecule has 0 spiro atoms. The minimum atomic E-state index is -1.87. The molecule has 3 aromatic rings. The van der Waals surface area contributed by atoms with Gasteiger partial charge in [0.05, 0.1) is 19.6 Å². The molecule has 3 saturated heterocycles. The van der Waals surface area contributed by atoms with E-state index >= 15 is 0 Å². The average Bonchev–Trinajstić information content (AvgIpc) is 2.94. The number of aliphatic hydroxyl groups is 1. The first kappa shape index (κ1) is 25.2. The summed E-state index contributed by atoms with van der Waals surface area (Å²) in [6.07, 6.45) is 2.98. The van der Waals surface area contributed by atoms with Gasteiger partial charge in [-0.1, -0.05) is 78.9 Å². The molecule has 0 saturated carbocycles. The van der Waals surface area contributed by atoms with Crippen molar-refractivity contribution in [1.29, 1.82) is 0 Å². The van der Waals surface area contributed by atoms with Gasteiger partial charge in [-0.2, -0.15) is 0 Å². The second kappa shape index (κ2) is 10.9. The number of para-hydroxylation sites is 1. The van der Waals surface area contributed by atoms with E-state index in [4.69, 9.17) is 4.74 Å². The van der Waals surface area contributed by atoms with Crippen molar-refractivity contribution in [3.8, 4) is 0 Å². The number of ether oxygens (including phenoxy) is 1. The van der Waals surface area contributed by atoms with Crippen LogP contribution in [0.1, 0.15) is 36.8 Å². The van der Waals surface area contributed by atoms with Gasteiger partial charge in [-0.25, -0.2) is 4.79 Å². The van der Waals surface area contributed by atoms with Crippen LogP contribution in [0.2, 0.25) is 0 Å². The van der Waals surface area contributed by atoms with Crippen LogP contribution >= 0.6 is 0 Å². The number of carbonyl (C=O) groups excluding carboxylic acids is 2. The summed E-state index contributed by atoms with van der Waals surface area (Å²) in [5.74, 6) is -0.291. The van der Waals surface area contributed by atoms with Crippen molar-refractivity contribution in [2.24, 2.45) is 5.92 Å². The zero-order chi connectivity index (χ0) is 25.7. The Morgan fingerprint density at radius 3 is 1.97 bits per heavy atom. The first-order chi connectivity index (χ1) is 18.0. The smallest absolute Gasteiger partial charge is 0.348 e. The van der Waals surface area contributed by atoms with Gasteiger partial charge >= 0.3 is 5.97 Å². The third kappa shape index (κ3) is 5.45. The van der Waals surface area contributed by atoms with Crippen molar-refractivity contribution in [2.45, 2.75) is 37.4 Å². The molecule has 0 aromatic heterocycles. The number of quaternary nitrogens is 1. The van der Waals surface area contributed by atoms with Crippen molar-refractivity contribution < 1.29 is 23.9 Å². The molecule has 3 aliphatic heterocycles. The number of fused-ring (bicyclic) bond motifs is 3. The van der Waals surface area contributed by atoms with Gasteiger partial charge in [-0.3, -0.25) is 4.79 Å². The molecule has 37 heavy (non-hydrogen) atoms. The molecule has 3 fully saturated rings. The molecular formula is C31H35N2O4+. The number of nitrogens with zero attached hydrogens (tertiary/aromatic N) is 1. The Morgan fingerprint density at radius 1 is 0.865 bits per heavy atom.